The van der Waals surface area contributed by atoms with Gasteiger partial charge in [-0.1, -0.05) is 171 Å². The van der Waals surface area contributed by atoms with Crippen molar-refractivity contribution in [3.8, 4) is 61.8 Å². The van der Waals surface area contributed by atoms with E-state index in [1.807, 2.05) is 24.3 Å². The minimum atomic E-state index is 0.474. The summed E-state index contributed by atoms with van der Waals surface area (Å²) >= 11 is 0. The molecular weight excluding hydrogens is 703 g/mol. The fourth-order valence-corrected chi connectivity index (χ4v) is 9.95. The SMILES string of the molecule is CC1CCC=CC1C1Cc2cccc(-c3cccc4c5ccccc5n(-c5cccc(-c6cc(-c7ccccc7)nc(-c7ccccc7)n6)c5)c34)c2-c2ccccc21. The number of aromatic nitrogens is 3. The highest BCUT2D eigenvalue weighted by molar-refractivity contribution is 6.15. The van der Waals surface area contributed by atoms with E-state index in [2.05, 4.69) is 175 Å². The molecule has 58 heavy (non-hydrogen) atoms. The predicted molar refractivity (Wildman–Crippen MR) is 241 cm³/mol. The Labute approximate surface area is 340 Å². The molecular formula is C55H43N3. The van der Waals surface area contributed by atoms with Crippen LogP contribution in [-0.2, 0) is 6.42 Å². The molecule has 2 heterocycles. The Bertz CT molecular complexity index is 2950. The highest BCUT2D eigenvalue weighted by Gasteiger charge is 2.34. The maximum atomic E-state index is 5.20. The average Bonchev–Trinajstić information content (AvgIpc) is 3.64. The van der Waals surface area contributed by atoms with Crippen molar-refractivity contribution in [3.63, 3.8) is 0 Å². The lowest BCUT2D eigenvalue weighted by molar-refractivity contribution is 0.328. The Hall–Kier alpha value is -6.84. The Kier molecular flexibility index (Phi) is 8.47. The molecule has 3 nitrogen and oxygen atoms in total. The van der Waals surface area contributed by atoms with Gasteiger partial charge in [-0.3, -0.25) is 0 Å². The van der Waals surface area contributed by atoms with Crippen molar-refractivity contribution < 1.29 is 0 Å². The molecule has 0 radical (unpaired) electrons. The molecule has 2 aliphatic rings. The monoisotopic (exact) mass is 745 g/mol. The Morgan fingerprint density at radius 3 is 2.05 bits per heavy atom. The molecule has 3 atom stereocenters. The van der Waals surface area contributed by atoms with Crippen LogP contribution in [0.3, 0.4) is 0 Å². The lowest BCUT2D eigenvalue weighted by Crippen LogP contribution is -2.25. The van der Waals surface area contributed by atoms with E-state index in [-0.39, 0.29) is 0 Å². The fraction of sp³-hybridized carbons (Fsp3) is 0.127. The van der Waals surface area contributed by atoms with Gasteiger partial charge < -0.3 is 4.57 Å². The zero-order valence-electron chi connectivity index (χ0n) is 32.6. The first kappa shape index (κ1) is 34.4. The summed E-state index contributed by atoms with van der Waals surface area (Å²) < 4.78 is 2.48. The summed E-state index contributed by atoms with van der Waals surface area (Å²) in [4.78, 5) is 10.3. The molecule has 11 rings (SSSR count). The van der Waals surface area contributed by atoms with E-state index in [0.29, 0.717) is 23.6 Å². The summed E-state index contributed by atoms with van der Waals surface area (Å²) in [6.45, 7) is 2.45. The second-order valence-corrected chi connectivity index (χ2v) is 16.1. The number of hydrogen-bond donors (Lipinski definition) is 0. The van der Waals surface area contributed by atoms with Gasteiger partial charge in [0.05, 0.1) is 22.4 Å². The number of fused-ring (bicyclic) bond motifs is 6. The maximum absolute atomic E-state index is 5.20. The van der Waals surface area contributed by atoms with E-state index < -0.39 is 0 Å². The summed E-state index contributed by atoms with van der Waals surface area (Å²) in [5.74, 6) is 2.41. The minimum Gasteiger partial charge on any atom is -0.309 e. The van der Waals surface area contributed by atoms with Gasteiger partial charge in [0.25, 0.3) is 0 Å². The maximum Gasteiger partial charge on any atom is 0.160 e. The third kappa shape index (κ3) is 5.80. The molecule has 0 saturated carbocycles. The molecule has 7 aromatic carbocycles. The van der Waals surface area contributed by atoms with Crippen LogP contribution in [0, 0.1) is 11.8 Å². The van der Waals surface area contributed by atoms with E-state index >= 15 is 0 Å². The van der Waals surface area contributed by atoms with Crippen LogP contribution in [0.5, 0.6) is 0 Å². The Morgan fingerprint density at radius 1 is 0.552 bits per heavy atom. The van der Waals surface area contributed by atoms with Gasteiger partial charge in [-0.05, 0) is 89.1 Å². The van der Waals surface area contributed by atoms with Crippen molar-refractivity contribution in [2.24, 2.45) is 11.8 Å². The van der Waals surface area contributed by atoms with Crippen molar-refractivity contribution in [3.05, 3.63) is 199 Å². The third-order valence-electron chi connectivity index (χ3n) is 12.7. The number of allylic oxidation sites excluding steroid dienone is 2. The van der Waals surface area contributed by atoms with Crippen LogP contribution < -0.4 is 0 Å². The molecule has 0 saturated heterocycles. The summed E-state index contributed by atoms with van der Waals surface area (Å²) in [7, 11) is 0. The molecule has 278 valence electrons. The van der Waals surface area contributed by atoms with Gasteiger partial charge in [0, 0.05) is 38.7 Å². The first-order valence-corrected chi connectivity index (χ1v) is 20.7. The molecule has 3 heteroatoms. The fourth-order valence-electron chi connectivity index (χ4n) is 9.95. The largest absolute Gasteiger partial charge is 0.309 e. The molecule has 0 spiro atoms. The van der Waals surface area contributed by atoms with E-state index in [4.69, 9.17) is 9.97 Å². The number of para-hydroxylation sites is 2. The van der Waals surface area contributed by atoms with Crippen LogP contribution >= 0.6 is 0 Å². The van der Waals surface area contributed by atoms with Gasteiger partial charge in [0.2, 0.25) is 0 Å². The Morgan fingerprint density at radius 2 is 1.21 bits per heavy atom. The molecule has 0 bridgehead atoms. The van der Waals surface area contributed by atoms with E-state index in [0.717, 1.165) is 40.2 Å². The molecule has 2 aliphatic carbocycles. The molecule has 9 aromatic rings. The van der Waals surface area contributed by atoms with Crippen LogP contribution in [0.25, 0.3) is 83.6 Å². The van der Waals surface area contributed by atoms with Crippen LogP contribution in [0.4, 0.5) is 0 Å². The van der Waals surface area contributed by atoms with Crippen LogP contribution in [0.15, 0.2) is 188 Å². The summed E-state index contributed by atoms with van der Waals surface area (Å²) in [5, 5.41) is 2.49. The minimum absolute atomic E-state index is 0.474. The molecule has 0 aliphatic heterocycles. The lowest BCUT2D eigenvalue weighted by Gasteiger charge is -2.37. The molecule has 2 aromatic heterocycles. The second kappa shape index (κ2) is 14.3. The number of hydrogen-bond acceptors (Lipinski definition) is 2. The standard InChI is InChI=1S/C55H43N3/c1-36-17-8-9-25-42(36)49-34-40-23-15-29-46(53(40)45-28-11-10-26-43(45)49)48-31-16-30-47-44-27-12-13-32-52(44)58(54(47)48)41-24-14-22-39(33-41)51-35-50(37-18-4-2-5-19-37)56-55(57-51)38-20-6-3-7-21-38/h2-7,9-16,18-33,35-36,42,49H,8,17,34H2,1H3. The first-order valence-electron chi connectivity index (χ1n) is 20.7. The zero-order chi connectivity index (χ0) is 38.6. The average molecular weight is 746 g/mol. The van der Waals surface area contributed by atoms with Crippen LogP contribution in [0.2, 0.25) is 0 Å². The first-order chi connectivity index (χ1) is 28.7. The van der Waals surface area contributed by atoms with Gasteiger partial charge in [-0.2, -0.15) is 0 Å². The highest BCUT2D eigenvalue weighted by atomic mass is 15.0. The van der Waals surface area contributed by atoms with Gasteiger partial charge >= 0.3 is 0 Å². The zero-order valence-corrected chi connectivity index (χ0v) is 32.6. The predicted octanol–water partition coefficient (Wildman–Crippen LogP) is 14.2. The van der Waals surface area contributed by atoms with Gasteiger partial charge in [-0.15, -0.1) is 0 Å². The summed E-state index contributed by atoms with van der Waals surface area (Å²) in [5.41, 5.74) is 16.6. The quantitative estimate of drug-likeness (QED) is 0.159. The Balaban J connectivity index is 1.11. The van der Waals surface area contributed by atoms with Gasteiger partial charge in [0.1, 0.15) is 0 Å². The molecule has 0 fully saturated rings. The van der Waals surface area contributed by atoms with Crippen LogP contribution in [-0.4, -0.2) is 14.5 Å². The number of rotatable bonds is 6. The van der Waals surface area contributed by atoms with Crippen molar-refractivity contribution in [2.45, 2.75) is 32.1 Å². The normalized spacial score (nSPS) is 17.3. The van der Waals surface area contributed by atoms with Gasteiger partial charge in [-0.25, -0.2) is 9.97 Å². The lowest BCUT2D eigenvalue weighted by atomic mass is 9.67. The molecule has 3 unspecified atom stereocenters. The molecule has 0 amide bonds. The summed E-state index contributed by atoms with van der Waals surface area (Å²) in [6, 6.07) is 63.7. The van der Waals surface area contributed by atoms with Crippen molar-refractivity contribution in [1.29, 1.82) is 0 Å². The van der Waals surface area contributed by atoms with Gasteiger partial charge in [0.15, 0.2) is 5.82 Å². The smallest absolute Gasteiger partial charge is 0.160 e. The molecule has 0 N–H and O–H groups in total. The van der Waals surface area contributed by atoms with Crippen molar-refractivity contribution in [1.82, 2.24) is 14.5 Å². The van der Waals surface area contributed by atoms with Crippen molar-refractivity contribution in [2.75, 3.05) is 0 Å². The van der Waals surface area contributed by atoms with E-state index in [9.17, 15) is 0 Å². The highest BCUT2D eigenvalue weighted by Crippen LogP contribution is 2.51. The van der Waals surface area contributed by atoms with Crippen molar-refractivity contribution >= 4 is 21.8 Å². The summed E-state index contributed by atoms with van der Waals surface area (Å²) in [6.07, 6.45) is 8.44. The van der Waals surface area contributed by atoms with E-state index in [1.165, 1.54) is 68.0 Å². The third-order valence-corrected chi connectivity index (χ3v) is 12.7. The second-order valence-electron chi connectivity index (χ2n) is 16.1. The number of nitrogens with zero attached hydrogens (tertiary/aromatic N) is 3. The van der Waals surface area contributed by atoms with Crippen LogP contribution in [0.1, 0.15) is 36.8 Å². The topological polar surface area (TPSA) is 30.7 Å². The van der Waals surface area contributed by atoms with E-state index in [1.54, 1.807) is 0 Å². The number of benzene rings is 7.